The number of allylic oxidation sites excluding steroid dienone is 1. The minimum Gasteiger partial charge on any atom is -0.488 e. The van der Waals surface area contributed by atoms with Crippen molar-refractivity contribution in [1.29, 1.82) is 0 Å². The van der Waals surface area contributed by atoms with Crippen LogP contribution in [0.1, 0.15) is 31.2 Å². The minimum absolute atomic E-state index is 0.537. The van der Waals surface area contributed by atoms with Gasteiger partial charge in [-0.3, -0.25) is 4.98 Å². The topological polar surface area (TPSA) is 44.2 Å². The molecule has 2 heterocycles. The van der Waals surface area contributed by atoms with Gasteiger partial charge in [0.1, 0.15) is 12.4 Å². The number of nitrogens with zero attached hydrogens (tertiary/aromatic N) is 2. The molecule has 0 spiro atoms. The van der Waals surface area contributed by atoms with Crippen LogP contribution in [0.5, 0.6) is 11.6 Å². The molecule has 0 bridgehead atoms. The van der Waals surface area contributed by atoms with E-state index in [1.54, 1.807) is 31.8 Å². The van der Waals surface area contributed by atoms with Crippen molar-refractivity contribution in [3.63, 3.8) is 0 Å². The summed E-state index contributed by atoms with van der Waals surface area (Å²) < 4.78 is 11.3. The van der Waals surface area contributed by atoms with E-state index in [0.717, 1.165) is 18.4 Å². The van der Waals surface area contributed by atoms with Gasteiger partial charge in [-0.05, 0) is 49.0 Å². The van der Waals surface area contributed by atoms with Crippen LogP contribution in [-0.4, -0.2) is 23.7 Å². The number of aromatic nitrogens is 2. The van der Waals surface area contributed by atoms with Crippen molar-refractivity contribution in [3.8, 4) is 11.6 Å². The third-order valence-electron chi connectivity index (χ3n) is 3.96. The minimum atomic E-state index is 0.537. The van der Waals surface area contributed by atoms with E-state index >= 15 is 0 Å². The first-order chi connectivity index (χ1) is 11.3. The molecule has 0 saturated heterocycles. The Hall–Kier alpha value is -2.07. The molecular formula is C18H19ClN2O2. The molecule has 0 atom stereocenters. The van der Waals surface area contributed by atoms with Gasteiger partial charge < -0.3 is 9.47 Å². The van der Waals surface area contributed by atoms with Gasteiger partial charge >= 0.3 is 0 Å². The number of pyridine rings is 2. The van der Waals surface area contributed by atoms with Gasteiger partial charge in [0.05, 0.1) is 18.3 Å². The highest BCUT2D eigenvalue weighted by molar-refractivity contribution is 6.30. The fourth-order valence-electron chi connectivity index (χ4n) is 2.88. The van der Waals surface area contributed by atoms with Gasteiger partial charge in [-0.2, -0.15) is 0 Å². The number of hydrogen-bond donors (Lipinski definition) is 0. The zero-order chi connectivity index (χ0) is 16.1. The standard InChI is InChI=1S/C18H19ClN2O2/c1-22-18-17(7-4-8-21-18)16-6-3-2-5-13(16)12-23-15-9-14(19)10-20-11-15/h4,7-11H,2-3,5-6,12H2,1H3. The lowest BCUT2D eigenvalue weighted by Crippen LogP contribution is -2.09. The maximum atomic E-state index is 5.95. The second-order valence-corrected chi connectivity index (χ2v) is 5.91. The lowest BCUT2D eigenvalue weighted by molar-refractivity contribution is 0.343. The summed E-state index contributed by atoms with van der Waals surface area (Å²) in [6, 6.07) is 5.79. The van der Waals surface area contributed by atoms with Crippen molar-refractivity contribution >= 4 is 17.2 Å². The Kier molecular flexibility index (Phi) is 5.13. The Labute approximate surface area is 141 Å². The quantitative estimate of drug-likeness (QED) is 0.807. The molecule has 3 rings (SSSR count). The molecule has 2 aromatic rings. The summed E-state index contributed by atoms with van der Waals surface area (Å²) in [6.45, 7) is 0.537. The fourth-order valence-corrected chi connectivity index (χ4v) is 3.04. The smallest absolute Gasteiger partial charge is 0.220 e. The van der Waals surface area contributed by atoms with Crippen LogP contribution in [0.15, 0.2) is 42.4 Å². The number of halogens is 1. The Morgan fingerprint density at radius 2 is 2.09 bits per heavy atom. The van der Waals surface area contributed by atoms with Crippen molar-refractivity contribution in [2.45, 2.75) is 25.7 Å². The van der Waals surface area contributed by atoms with Crippen LogP contribution in [0.4, 0.5) is 0 Å². The lowest BCUT2D eigenvalue weighted by Gasteiger charge is -2.22. The molecular weight excluding hydrogens is 312 g/mol. The zero-order valence-electron chi connectivity index (χ0n) is 13.1. The van der Waals surface area contributed by atoms with Gasteiger partial charge in [0.25, 0.3) is 0 Å². The van der Waals surface area contributed by atoms with E-state index in [-0.39, 0.29) is 0 Å². The maximum Gasteiger partial charge on any atom is 0.220 e. The van der Waals surface area contributed by atoms with Gasteiger partial charge in [0.15, 0.2) is 0 Å². The van der Waals surface area contributed by atoms with Crippen LogP contribution < -0.4 is 9.47 Å². The van der Waals surface area contributed by atoms with Crippen molar-refractivity contribution in [3.05, 3.63) is 52.9 Å². The van der Waals surface area contributed by atoms with Gasteiger partial charge in [-0.15, -0.1) is 0 Å². The molecule has 0 aromatic carbocycles. The molecule has 23 heavy (non-hydrogen) atoms. The van der Waals surface area contributed by atoms with E-state index in [0.29, 0.717) is 23.3 Å². The summed E-state index contributed by atoms with van der Waals surface area (Å²) in [5, 5.41) is 0.578. The molecule has 2 aromatic heterocycles. The second-order valence-electron chi connectivity index (χ2n) is 5.48. The summed E-state index contributed by atoms with van der Waals surface area (Å²) in [6.07, 6.45) is 9.43. The third kappa shape index (κ3) is 3.82. The molecule has 0 fully saturated rings. The maximum absolute atomic E-state index is 5.95. The molecule has 1 aliphatic rings. The van der Waals surface area contributed by atoms with Crippen LogP contribution in [-0.2, 0) is 0 Å². The van der Waals surface area contributed by atoms with E-state index in [4.69, 9.17) is 21.1 Å². The van der Waals surface area contributed by atoms with Crippen LogP contribution in [0.2, 0.25) is 5.02 Å². The summed E-state index contributed by atoms with van der Waals surface area (Å²) in [5.41, 5.74) is 3.65. The van der Waals surface area contributed by atoms with Gasteiger partial charge in [0.2, 0.25) is 5.88 Å². The lowest BCUT2D eigenvalue weighted by atomic mass is 9.88. The Morgan fingerprint density at radius 1 is 1.22 bits per heavy atom. The SMILES string of the molecule is COc1ncccc1C1=C(COc2cncc(Cl)c2)CCCC1. The van der Waals surface area contributed by atoms with E-state index in [2.05, 4.69) is 16.0 Å². The van der Waals surface area contributed by atoms with Crippen LogP contribution in [0.25, 0.3) is 5.57 Å². The second kappa shape index (κ2) is 7.47. The highest BCUT2D eigenvalue weighted by Crippen LogP contribution is 2.36. The van der Waals surface area contributed by atoms with Gasteiger partial charge in [-0.25, -0.2) is 4.98 Å². The molecule has 0 radical (unpaired) electrons. The Morgan fingerprint density at radius 3 is 2.91 bits per heavy atom. The molecule has 0 amide bonds. The highest BCUT2D eigenvalue weighted by Gasteiger charge is 2.18. The summed E-state index contributed by atoms with van der Waals surface area (Å²) >= 11 is 5.95. The summed E-state index contributed by atoms with van der Waals surface area (Å²) in [4.78, 5) is 8.36. The molecule has 4 nitrogen and oxygen atoms in total. The number of methoxy groups -OCH3 is 1. The van der Waals surface area contributed by atoms with Crippen molar-refractivity contribution in [2.24, 2.45) is 0 Å². The fraction of sp³-hybridized carbons (Fsp3) is 0.333. The Bertz CT molecular complexity index is 716. The molecule has 1 aliphatic carbocycles. The van der Waals surface area contributed by atoms with Crippen molar-refractivity contribution in [1.82, 2.24) is 9.97 Å². The van der Waals surface area contributed by atoms with Gasteiger partial charge in [-0.1, -0.05) is 11.6 Å². The highest BCUT2D eigenvalue weighted by atomic mass is 35.5. The van der Waals surface area contributed by atoms with Crippen molar-refractivity contribution in [2.75, 3.05) is 13.7 Å². The average molecular weight is 331 g/mol. The molecule has 5 heteroatoms. The predicted octanol–water partition coefficient (Wildman–Crippen LogP) is 4.55. The van der Waals surface area contributed by atoms with Crippen molar-refractivity contribution < 1.29 is 9.47 Å². The molecule has 120 valence electrons. The van der Waals surface area contributed by atoms with Gasteiger partial charge in [0, 0.05) is 24.0 Å². The number of ether oxygens (including phenoxy) is 2. The molecule has 0 N–H and O–H groups in total. The summed E-state index contributed by atoms with van der Waals surface area (Å²) in [7, 11) is 1.66. The Balaban J connectivity index is 1.86. The largest absolute Gasteiger partial charge is 0.488 e. The molecule has 0 unspecified atom stereocenters. The van der Waals surface area contributed by atoms with E-state index in [9.17, 15) is 0 Å². The zero-order valence-corrected chi connectivity index (χ0v) is 13.8. The van der Waals surface area contributed by atoms with Crippen LogP contribution >= 0.6 is 11.6 Å². The van der Waals surface area contributed by atoms with E-state index in [1.807, 2.05) is 6.07 Å². The molecule has 0 aliphatic heterocycles. The van der Waals surface area contributed by atoms with E-state index in [1.165, 1.54) is 24.0 Å². The first kappa shape index (κ1) is 15.8. The van der Waals surface area contributed by atoms with Crippen LogP contribution in [0, 0.1) is 0 Å². The number of hydrogen-bond acceptors (Lipinski definition) is 4. The predicted molar refractivity (Wildman–Crippen MR) is 90.9 cm³/mol. The first-order valence-corrected chi connectivity index (χ1v) is 8.09. The van der Waals surface area contributed by atoms with Crippen LogP contribution in [0.3, 0.4) is 0 Å². The normalized spacial score (nSPS) is 14.7. The first-order valence-electron chi connectivity index (χ1n) is 7.71. The number of rotatable bonds is 5. The molecule has 0 saturated carbocycles. The third-order valence-corrected chi connectivity index (χ3v) is 4.17. The summed E-state index contributed by atoms with van der Waals surface area (Å²) in [5.74, 6) is 1.36. The van der Waals surface area contributed by atoms with E-state index < -0.39 is 0 Å². The monoisotopic (exact) mass is 330 g/mol. The average Bonchev–Trinajstić information content (AvgIpc) is 2.60.